The molecule has 1 aromatic rings. The third kappa shape index (κ3) is 3.87. The molecule has 2 aliphatic heterocycles. The van der Waals surface area contributed by atoms with E-state index in [2.05, 4.69) is 41.4 Å². The van der Waals surface area contributed by atoms with E-state index in [1.54, 1.807) is 0 Å². The number of benzene rings is 1. The number of rotatable bonds is 5. The Labute approximate surface area is 132 Å². The topological polar surface area (TPSA) is 41.6 Å². The molecule has 22 heavy (non-hydrogen) atoms. The van der Waals surface area contributed by atoms with Crippen LogP contribution in [0.4, 0.5) is 0 Å². The molecule has 2 saturated heterocycles. The fourth-order valence-electron chi connectivity index (χ4n) is 3.50. The smallest absolute Gasteiger partial charge is 0.222 e. The van der Waals surface area contributed by atoms with E-state index >= 15 is 0 Å². The molecule has 2 fully saturated rings. The zero-order valence-corrected chi connectivity index (χ0v) is 13.3. The van der Waals surface area contributed by atoms with Crippen molar-refractivity contribution in [1.29, 1.82) is 0 Å². The van der Waals surface area contributed by atoms with Crippen LogP contribution in [0.5, 0.6) is 0 Å². The van der Waals surface area contributed by atoms with Gasteiger partial charge in [-0.25, -0.2) is 0 Å². The Balaban J connectivity index is 1.46. The summed E-state index contributed by atoms with van der Waals surface area (Å²) in [6.07, 6.45) is 3.80. The lowest BCUT2D eigenvalue weighted by atomic mass is 10.1. The molecule has 3 atom stereocenters. The van der Waals surface area contributed by atoms with E-state index in [4.69, 9.17) is 4.74 Å². The van der Waals surface area contributed by atoms with Crippen LogP contribution in [0, 0.1) is 0 Å². The van der Waals surface area contributed by atoms with Gasteiger partial charge in [-0.1, -0.05) is 30.3 Å². The highest BCUT2D eigenvalue weighted by Gasteiger charge is 2.28. The first-order valence-corrected chi connectivity index (χ1v) is 8.42. The Morgan fingerprint density at radius 1 is 1.36 bits per heavy atom. The van der Waals surface area contributed by atoms with E-state index in [1.807, 2.05) is 6.07 Å². The Morgan fingerprint density at radius 3 is 2.91 bits per heavy atom. The quantitative estimate of drug-likeness (QED) is 0.908. The summed E-state index contributed by atoms with van der Waals surface area (Å²) < 4.78 is 5.53. The molecule has 2 heterocycles. The van der Waals surface area contributed by atoms with E-state index in [0.717, 1.165) is 39.0 Å². The second-order valence-electron chi connectivity index (χ2n) is 6.47. The van der Waals surface area contributed by atoms with Crippen LogP contribution in [0.15, 0.2) is 30.3 Å². The zero-order chi connectivity index (χ0) is 15.4. The largest absolute Gasteiger partial charge is 0.378 e. The summed E-state index contributed by atoms with van der Waals surface area (Å²) in [4.78, 5) is 14.5. The number of ether oxygens (including phenoxy) is 1. The molecule has 4 nitrogen and oxygen atoms in total. The van der Waals surface area contributed by atoms with Gasteiger partial charge in [0.15, 0.2) is 0 Å². The number of nitrogens with one attached hydrogen (secondary N) is 1. The highest BCUT2D eigenvalue weighted by atomic mass is 16.5. The van der Waals surface area contributed by atoms with Gasteiger partial charge in [0.2, 0.25) is 5.91 Å². The molecule has 0 unspecified atom stereocenters. The first-order valence-electron chi connectivity index (χ1n) is 8.42. The van der Waals surface area contributed by atoms with Gasteiger partial charge >= 0.3 is 0 Å². The summed E-state index contributed by atoms with van der Waals surface area (Å²) in [7, 11) is 0. The standard InChI is InChI=1S/C18H26N2O2/c1-14(15-6-3-2-4-7-15)20-10-9-16(13-20)19-18(21)12-17-8-5-11-22-17/h2-4,6-7,14,16-17H,5,8-13H2,1H3,(H,19,21)/t14-,16-,17+/m1/s1. The molecule has 0 aliphatic carbocycles. The first-order chi connectivity index (χ1) is 10.7. The average molecular weight is 302 g/mol. The predicted octanol–water partition coefficient (Wildman–Crippen LogP) is 2.51. The van der Waals surface area contributed by atoms with E-state index < -0.39 is 0 Å². The summed E-state index contributed by atoms with van der Waals surface area (Å²) in [5.74, 6) is 0.145. The van der Waals surface area contributed by atoms with E-state index in [9.17, 15) is 4.79 Å². The van der Waals surface area contributed by atoms with Crippen molar-refractivity contribution in [3.63, 3.8) is 0 Å². The molecule has 0 bridgehead atoms. The van der Waals surface area contributed by atoms with Crippen molar-refractivity contribution in [2.45, 2.75) is 50.8 Å². The van der Waals surface area contributed by atoms with Crippen molar-refractivity contribution in [2.24, 2.45) is 0 Å². The first kappa shape index (κ1) is 15.5. The summed E-state index contributed by atoms with van der Waals surface area (Å²) >= 11 is 0. The van der Waals surface area contributed by atoms with Gasteiger partial charge in [0, 0.05) is 31.8 Å². The van der Waals surface area contributed by atoms with Crippen LogP contribution in [-0.2, 0) is 9.53 Å². The maximum absolute atomic E-state index is 12.1. The normalized spacial score (nSPS) is 27.0. The molecular formula is C18H26N2O2. The third-order valence-corrected chi connectivity index (χ3v) is 4.85. The molecule has 1 N–H and O–H groups in total. The minimum atomic E-state index is 0.140. The lowest BCUT2D eigenvalue weighted by Gasteiger charge is -2.25. The number of amides is 1. The third-order valence-electron chi connectivity index (χ3n) is 4.85. The molecular weight excluding hydrogens is 276 g/mol. The SMILES string of the molecule is C[C@H](c1ccccc1)N1CC[C@@H](NC(=O)C[C@@H]2CCCO2)C1. The highest BCUT2D eigenvalue weighted by molar-refractivity contribution is 5.76. The van der Waals surface area contributed by atoms with Crippen molar-refractivity contribution < 1.29 is 9.53 Å². The maximum Gasteiger partial charge on any atom is 0.222 e. The van der Waals surface area contributed by atoms with Crippen molar-refractivity contribution in [2.75, 3.05) is 19.7 Å². The molecule has 2 aliphatic rings. The molecule has 0 aromatic heterocycles. The van der Waals surface area contributed by atoms with Gasteiger partial charge in [-0.3, -0.25) is 9.69 Å². The molecule has 4 heteroatoms. The van der Waals surface area contributed by atoms with Gasteiger partial charge in [0.25, 0.3) is 0 Å². The fraction of sp³-hybridized carbons (Fsp3) is 0.611. The van der Waals surface area contributed by atoms with Crippen LogP contribution in [0.1, 0.15) is 44.2 Å². The monoisotopic (exact) mass is 302 g/mol. The lowest BCUT2D eigenvalue weighted by Crippen LogP contribution is -2.38. The van der Waals surface area contributed by atoms with Crippen molar-refractivity contribution in [3.05, 3.63) is 35.9 Å². The Bertz CT molecular complexity index is 485. The average Bonchev–Trinajstić information content (AvgIpc) is 3.19. The van der Waals surface area contributed by atoms with E-state index in [1.165, 1.54) is 5.56 Å². The van der Waals surface area contributed by atoms with Crippen LogP contribution in [-0.4, -0.2) is 42.6 Å². The fourth-order valence-corrected chi connectivity index (χ4v) is 3.50. The zero-order valence-electron chi connectivity index (χ0n) is 13.3. The van der Waals surface area contributed by atoms with Crippen molar-refractivity contribution in [3.8, 4) is 0 Å². The molecule has 1 amide bonds. The van der Waals surface area contributed by atoms with Crippen LogP contribution in [0.3, 0.4) is 0 Å². The minimum Gasteiger partial charge on any atom is -0.378 e. The second-order valence-corrected chi connectivity index (χ2v) is 6.47. The summed E-state index contributed by atoms with van der Waals surface area (Å²) in [5, 5.41) is 3.18. The van der Waals surface area contributed by atoms with E-state index in [0.29, 0.717) is 12.5 Å². The molecule has 120 valence electrons. The Hall–Kier alpha value is -1.39. The maximum atomic E-state index is 12.1. The second kappa shape index (κ2) is 7.25. The van der Waals surface area contributed by atoms with Gasteiger partial charge < -0.3 is 10.1 Å². The number of carbonyl (C=O) groups is 1. The molecule has 0 saturated carbocycles. The van der Waals surface area contributed by atoms with Crippen LogP contribution in [0.2, 0.25) is 0 Å². The van der Waals surface area contributed by atoms with E-state index in [-0.39, 0.29) is 18.1 Å². The minimum absolute atomic E-state index is 0.140. The number of nitrogens with zero attached hydrogens (tertiary/aromatic N) is 1. The summed E-state index contributed by atoms with van der Waals surface area (Å²) in [6.45, 7) is 5.03. The van der Waals surface area contributed by atoms with Gasteiger partial charge in [0.1, 0.15) is 0 Å². The van der Waals surface area contributed by atoms with Crippen LogP contribution < -0.4 is 5.32 Å². The van der Waals surface area contributed by atoms with Gasteiger partial charge in [-0.2, -0.15) is 0 Å². The molecule has 0 radical (unpaired) electrons. The van der Waals surface area contributed by atoms with Gasteiger partial charge in [0.05, 0.1) is 12.5 Å². The molecule has 3 rings (SSSR count). The molecule has 0 spiro atoms. The Kier molecular flexibility index (Phi) is 5.11. The summed E-state index contributed by atoms with van der Waals surface area (Å²) in [5.41, 5.74) is 1.34. The summed E-state index contributed by atoms with van der Waals surface area (Å²) in [6, 6.07) is 11.3. The number of likely N-dealkylation sites (tertiary alicyclic amines) is 1. The number of hydrogen-bond donors (Lipinski definition) is 1. The highest BCUT2D eigenvalue weighted by Crippen LogP contribution is 2.24. The van der Waals surface area contributed by atoms with Gasteiger partial charge in [-0.05, 0) is 31.7 Å². The predicted molar refractivity (Wildman–Crippen MR) is 86.6 cm³/mol. The number of carbonyl (C=O) groups excluding carboxylic acids is 1. The Morgan fingerprint density at radius 2 is 2.18 bits per heavy atom. The van der Waals surface area contributed by atoms with Crippen molar-refractivity contribution >= 4 is 5.91 Å². The van der Waals surface area contributed by atoms with Crippen LogP contribution in [0.25, 0.3) is 0 Å². The number of hydrogen-bond acceptors (Lipinski definition) is 3. The lowest BCUT2D eigenvalue weighted by molar-refractivity contribution is -0.123. The van der Waals surface area contributed by atoms with Crippen molar-refractivity contribution in [1.82, 2.24) is 10.2 Å². The van der Waals surface area contributed by atoms with Gasteiger partial charge in [-0.15, -0.1) is 0 Å². The molecule has 1 aromatic carbocycles. The van der Waals surface area contributed by atoms with Crippen LogP contribution >= 0.6 is 0 Å².